The van der Waals surface area contributed by atoms with E-state index >= 15 is 0 Å². The minimum atomic E-state index is -0.980. The minimum absolute atomic E-state index is 0.116. The van der Waals surface area contributed by atoms with Crippen LogP contribution in [0.2, 0.25) is 0 Å². The van der Waals surface area contributed by atoms with E-state index in [2.05, 4.69) is 11.9 Å². The van der Waals surface area contributed by atoms with E-state index in [0.717, 1.165) is 29.2 Å². The molecule has 1 N–H and O–H groups in total. The Kier molecular flexibility index (Phi) is 4.96. The lowest BCUT2D eigenvalue weighted by Gasteiger charge is -2.09. The molecule has 0 aliphatic carbocycles. The molecule has 0 aliphatic rings. The maximum absolute atomic E-state index is 11.3. The summed E-state index contributed by atoms with van der Waals surface area (Å²) in [6.45, 7) is 5.99. The summed E-state index contributed by atoms with van der Waals surface area (Å²) in [6, 6.07) is 7.49. The molecule has 0 aliphatic heterocycles. The van der Waals surface area contributed by atoms with Crippen molar-refractivity contribution in [1.29, 1.82) is 0 Å². The number of aromatic carboxylic acids is 1. The number of benzene rings is 1. The molecule has 0 bridgehead atoms. The monoisotopic (exact) mass is 305 g/mol. The van der Waals surface area contributed by atoms with Gasteiger partial charge in [0.15, 0.2) is 5.69 Å². The van der Waals surface area contributed by atoms with Crippen LogP contribution in [0.5, 0.6) is 5.75 Å². The topological polar surface area (TPSA) is 59.4 Å². The van der Waals surface area contributed by atoms with Crippen molar-refractivity contribution in [3.63, 3.8) is 0 Å². The highest BCUT2D eigenvalue weighted by molar-refractivity contribution is 7.15. The van der Waals surface area contributed by atoms with Gasteiger partial charge in [-0.1, -0.05) is 6.92 Å². The van der Waals surface area contributed by atoms with Gasteiger partial charge in [-0.3, -0.25) is 0 Å². The van der Waals surface area contributed by atoms with Gasteiger partial charge in [-0.25, -0.2) is 9.78 Å². The van der Waals surface area contributed by atoms with Crippen LogP contribution in [0.4, 0.5) is 0 Å². The van der Waals surface area contributed by atoms with E-state index in [1.54, 1.807) is 0 Å². The molecule has 2 aromatic rings. The van der Waals surface area contributed by atoms with E-state index in [9.17, 15) is 9.90 Å². The van der Waals surface area contributed by atoms with Crippen molar-refractivity contribution in [2.75, 3.05) is 0 Å². The van der Waals surface area contributed by atoms with Crippen LogP contribution in [-0.4, -0.2) is 22.2 Å². The molecule has 0 spiro atoms. The predicted molar refractivity (Wildman–Crippen MR) is 84.3 cm³/mol. The second-order valence-corrected chi connectivity index (χ2v) is 6.12. The number of hydrogen-bond acceptors (Lipinski definition) is 4. The molecular weight excluding hydrogens is 286 g/mol. The molecule has 4 nitrogen and oxygen atoms in total. The third-order valence-electron chi connectivity index (χ3n) is 2.83. The molecule has 0 amide bonds. The quantitative estimate of drug-likeness (QED) is 0.866. The number of nitrogens with zero attached hydrogens (tertiary/aromatic N) is 1. The summed E-state index contributed by atoms with van der Waals surface area (Å²) >= 11 is 1.45. The van der Waals surface area contributed by atoms with Crippen LogP contribution in [0.25, 0.3) is 10.4 Å². The Morgan fingerprint density at radius 1 is 1.33 bits per heavy atom. The van der Waals surface area contributed by atoms with E-state index in [1.807, 2.05) is 38.1 Å². The number of rotatable bonds is 6. The van der Waals surface area contributed by atoms with Crippen molar-refractivity contribution in [1.82, 2.24) is 4.98 Å². The Hall–Kier alpha value is -1.88. The minimum Gasteiger partial charge on any atom is -0.491 e. The first-order valence-corrected chi connectivity index (χ1v) is 7.83. The van der Waals surface area contributed by atoms with Crippen LogP contribution in [0.1, 0.15) is 42.7 Å². The molecule has 1 heterocycles. The number of thiazole rings is 1. The fraction of sp³-hybridized carbons (Fsp3) is 0.375. The van der Waals surface area contributed by atoms with Crippen LogP contribution in [0.15, 0.2) is 24.3 Å². The van der Waals surface area contributed by atoms with Gasteiger partial charge in [0.25, 0.3) is 0 Å². The SMILES string of the molecule is CCCc1nc(C(=O)O)c(-c2ccc(OC(C)C)cc2)s1. The Balaban J connectivity index is 2.34. The van der Waals surface area contributed by atoms with E-state index in [4.69, 9.17) is 4.74 Å². The first-order valence-electron chi connectivity index (χ1n) is 7.01. The van der Waals surface area contributed by atoms with Gasteiger partial charge in [-0.2, -0.15) is 0 Å². The summed E-state index contributed by atoms with van der Waals surface area (Å²) in [7, 11) is 0. The summed E-state index contributed by atoms with van der Waals surface area (Å²) in [5.41, 5.74) is 1.00. The van der Waals surface area contributed by atoms with Crippen molar-refractivity contribution >= 4 is 17.3 Å². The number of carboxylic acid groups (broad SMARTS) is 1. The van der Waals surface area contributed by atoms with E-state index in [0.29, 0.717) is 4.88 Å². The second-order valence-electron chi connectivity index (χ2n) is 5.03. The molecule has 0 atom stereocenters. The van der Waals surface area contributed by atoms with Crippen LogP contribution >= 0.6 is 11.3 Å². The Bertz CT molecular complexity index is 617. The highest BCUT2D eigenvalue weighted by Gasteiger charge is 2.18. The van der Waals surface area contributed by atoms with Crippen LogP contribution in [0.3, 0.4) is 0 Å². The first-order chi connectivity index (χ1) is 10.0. The summed E-state index contributed by atoms with van der Waals surface area (Å²) in [6.07, 6.45) is 1.87. The number of ether oxygens (including phenoxy) is 1. The zero-order chi connectivity index (χ0) is 15.4. The van der Waals surface area contributed by atoms with Crippen LogP contribution in [-0.2, 0) is 6.42 Å². The highest BCUT2D eigenvalue weighted by Crippen LogP contribution is 2.32. The smallest absolute Gasteiger partial charge is 0.356 e. The van der Waals surface area contributed by atoms with Crippen molar-refractivity contribution in [2.45, 2.75) is 39.7 Å². The Morgan fingerprint density at radius 2 is 2.00 bits per heavy atom. The molecular formula is C16H19NO3S. The molecule has 21 heavy (non-hydrogen) atoms. The van der Waals surface area contributed by atoms with Crippen LogP contribution < -0.4 is 4.74 Å². The lowest BCUT2D eigenvalue weighted by Crippen LogP contribution is -2.05. The zero-order valence-electron chi connectivity index (χ0n) is 12.4. The molecule has 1 aromatic heterocycles. The summed E-state index contributed by atoms with van der Waals surface area (Å²) in [5.74, 6) is -0.199. The van der Waals surface area contributed by atoms with Crippen molar-refractivity contribution in [3.05, 3.63) is 35.0 Å². The molecule has 0 fully saturated rings. The molecule has 0 saturated heterocycles. The summed E-state index contributed by atoms with van der Waals surface area (Å²) in [4.78, 5) is 16.3. The number of hydrogen-bond donors (Lipinski definition) is 1. The van der Waals surface area contributed by atoms with Crippen molar-refractivity contribution in [2.24, 2.45) is 0 Å². The third kappa shape index (κ3) is 3.82. The standard InChI is InChI=1S/C16H19NO3S/c1-4-5-13-17-14(16(18)19)15(21-13)11-6-8-12(9-7-11)20-10(2)3/h6-10H,4-5H2,1-3H3,(H,18,19). The van der Waals surface area contributed by atoms with E-state index < -0.39 is 5.97 Å². The highest BCUT2D eigenvalue weighted by atomic mass is 32.1. The van der Waals surface area contributed by atoms with E-state index in [-0.39, 0.29) is 11.8 Å². The van der Waals surface area contributed by atoms with Crippen LogP contribution in [0, 0.1) is 0 Å². The van der Waals surface area contributed by atoms with Gasteiger partial charge < -0.3 is 9.84 Å². The maximum Gasteiger partial charge on any atom is 0.356 e. The number of carboxylic acids is 1. The molecule has 2 rings (SSSR count). The van der Waals surface area contributed by atoms with Gasteiger partial charge in [-0.05, 0) is 56.5 Å². The summed E-state index contributed by atoms with van der Waals surface area (Å²) < 4.78 is 5.60. The van der Waals surface area contributed by atoms with E-state index in [1.165, 1.54) is 11.3 Å². The van der Waals surface area contributed by atoms with Gasteiger partial charge in [0, 0.05) is 0 Å². The molecule has 0 saturated carbocycles. The largest absolute Gasteiger partial charge is 0.491 e. The maximum atomic E-state index is 11.3. The average molecular weight is 305 g/mol. The van der Waals surface area contributed by atoms with Gasteiger partial charge in [0.2, 0.25) is 0 Å². The molecule has 112 valence electrons. The predicted octanol–water partition coefficient (Wildman–Crippen LogP) is 4.25. The number of carbonyl (C=O) groups is 1. The first kappa shape index (κ1) is 15.5. The number of aryl methyl sites for hydroxylation is 1. The molecule has 0 radical (unpaired) electrons. The van der Waals surface area contributed by atoms with Gasteiger partial charge in [-0.15, -0.1) is 11.3 Å². The lowest BCUT2D eigenvalue weighted by atomic mass is 10.1. The van der Waals surface area contributed by atoms with Crippen molar-refractivity contribution in [3.8, 4) is 16.2 Å². The van der Waals surface area contributed by atoms with Crippen molar-refractivity contribution < 1.29 is 14.6 Å². The fourth-order valence-corrected chi connectivity index (χ4v) is 3.15. The Morgan fingerprint density at radius 3 is 2.52 bits per heavy atom. The lowest BCUT2D eigenvalue weighted by molar-refractivity contribution is 0.0692. The van der Waals surface area contributed by atoms with Gasteiger partial charge in [0.05, 0.1) is 16.0 Å². The number of aromatic nitrogens is 1. The fourth-order valence-electron chi connectivity index (χ4n) is 1.98. The molecule has 5 heteroatoms. The molecule has 1 aromatic carbocycles. The molecule has 0 unspecified atom stereocenters. The Labute approximate surface area is 128 Å². The normalized spacial score (nSPS) is 10.9. The second kappa shape index (κ2) is 6.72. The third-order valence-corrected chi connectivity index (χ3v) is 3.99. The van der Waals surface area contributed by atoms with Gasteiger partial charge in [0.1, 0.15) is 5.75 Å². The summed E-state index contributed by atoms with van der Waals surface area (Å²) in [5, 5.41) is 10.2. The average Bonchev–Trinajstić information content (AvgIpc) is 2.83. The zero-order valence-corrected chi connectivity index (χ0v) is 13.2. The van der Waals surface area contributed by atoms with Gasteiger partial charge >= 0.3 is 5.97 Å².